The molecule has 1 saturated heterocycles. The molecule has 2 aromatic carbocycles. The van der Waals surface area contributed by atoms with Gasteiger partial charge in [0, 0.05) is 16.0 Å². The average molecular weight is 460 g/mol. The zero-order valence-corrected chi connectivity index (χ0v) is 19.2. The summed E-state index contributed by atoms with van der Waals surface area (Å²) >= 11 is 12.4. The fourth-order valence-electron chi connectivity index (χ4n) is 4.72. The van der Waals surface area contributed by atoms with E-state index in [1.807, 2.05) is 43.3 Å². The van der Waals surface area contributed by atoms with Crippen LogP contribution in [0.25, 0.3) is 0 Å². The summed E-state index contributed by atoms with van der Waals surface area (Å²) in [4.78, 5) is 27.6. The van der Waals surface area contributed by atoms with Gasteiger partial charge in [0.15, 0.2) is 0 Å². The molecule has 1 aliphatic heterocycles. The Morgan fingerprint density at radius 1 is 1.23 bits per heavy atom. The van der Waals surface area contributed by atoms with Gasteiger partial charge in [-0.05, 0) is 54.7 Å². The van der Waals surface area contributed by atoms with Gasteiger partial charge in [0.1, 0.15) is 6.04 Å². The first-order chi connectivity index (χ1) is 14.7. The smallest absolute Gasteiger partial charge is 0.326 e. The second-order valence-electron chi connectivity index (χ2n) is 8.39. The molecule has 6 heteroatoms. The zero-order chi connectivity index (χ0) is 22.8. The third-order valence-electron chi connectivity index (χ3n) is 6.19. The maximum Gasteiger partial charge on any atom is 0.326 e. The maximum absolute atomic E-state index is 13.8. The fourth-order valence-corrected chi connectivity index (χ4v) is 5.05. The van der Waals surface area contributed by atoms with E-state index in [9.17, 15) is 14.7 Å². The molecule has 0 aliphatic carbocycles. The van der Waals surface area contributed by atoms with Crippen LogP contribution in [-0.2, 0) is 9.59 Å². The van der Waals surface area contributed by atoms with Crippen molar-refractivity contribution in [2.75, 3.05) is 0 Å². The van der Waals surface area contributed by atoms with Gasteiger partial charge in [-0.15, -0.1) is 6.58 Å². The lowest BCUT2D eigenvalue weighted by Gasteiger charge is -2.51. The summed E-state index contributed by atoms with van der Waals surface area (Å²) in [5, 5.41) is 11.2. The molecule has 1 N–H and O–H groups in total. The van der Waals surface area contributed by atoms with E-state index in [1.165, 1.54) is 0 Å². The van der Waals surface area contributed by atoms with Gasteiger partial charge in [0.2, 0.25) is 5.91 Å². The van der Waals surface area contributed by atoms with Gasteiger partial charge in [-0.1, -0.05) is 67.4 Å². The van der Waals surface area contributed by atoms with Crippen molar-refractivity contribution in [3.05, 3.63) is 82.4 Å². The molecule has 164 valence electrons. The molecular formula is C25H27Cl2NO3. The highest BCUT2D eigenvalue weighted by molar-refractivity contribution is 6.30. The van der Waals surface area contributed by atoms with E-state index in [4.69, 9.17) is 23.2 Å². The lowest BCUT2D eigenvalue weighted by atomic mass is 9.67. The predicted octanol–water partition coefficient (Wildman–Crippen LogP) is 6.50. The van der Waals surface area contributed by atoms with Crippen molar-refractivity contribution in [2.45, 2.75) is 51.1 Å². The number of carbonyl (C=O) groups is 2. The number of piperidine rings is 1. The molecule has 4 nitrogen and oxygen atoms in total. The van der Waals surface area contributed by atoms with Crippen LogP contribution < -0.4 is 0 Å². The SMILES string of the molecule is C=CCC1(C)C[C@H](c2cccc(Cl)c2)[C@@H](c2ccc(Cl)cc2)N(C(CC)C(=O)O)C1=O. The van der Waals surface area contributed by atoms with E-state index in [1.54, 1.807) is 30.0 Å². The quantitative estimate of drug-likeness (QED) is 0.480. The molecule has 0 spiro atoms. The summed E-state index contributed by atoms with van der Waals surface area (Å²) in [5.41, 5.74) is 1.06. The largest absolute Gasteiger partial charge is 0.480 e. The first-order valence-electron chi connectivity index (χ1n) is 10.4. The van der Waals surface area contributed by atoms with Gasteiger partial charge in [0.25, 0.3) is 0 Å². The van der Waals surface area contributed by atoms with Crippen molar-refractivity contribution in [2.24, 2.45) is 5.41 Å². The molecule has 1 heterocycles. The standard InChI is InChI=1S/C25H27Cl2NO3/c1-4-13-25(3)15-20(17-7-6-8-19(27)14-17)22(16-9-11-18(26)12-10-16)28(24(25)31)21(5-2)23(29)30/h4,6-12,14,20-22H,1,5,13,15H2,2-3H3,(H,29,30)/t20-,21?,22-,25?/m1/s1. The maximum atomic E-state index is 13.8. The van der Waals surface area contributed by atoms with Crippen LogP contribution in [-0.4, -0.2) is 27.9 Å². The van der Waals surface area contributed by atoms with Crippen LogP contribution in [0.5, 0.6) is 0 Å². The van der Waals surface area contributed by atoms with E-state index < -0.39 is 23.5 Å². The summed E-state index contributed by atoms with van der Waals surface area (Å²) in [6, 6.07) is 13.5. The third kappa shape index (κ3) is 4.65. The van der Waals surface area contributed by atoms with Crippen molar-refractivity contribution in [1.29, 1.82) is 0 Å². The normalized spacial score (nSPS) is 24.6. The van der Waals surface area contributed by atoms with Gasteiger partial charge in [-0.3, -0.25) is 4.79 Å². The summed E-state index contributed by atoms with van der Waals surface area (Å²) in [6.45, 7) is 7.52. The van der Waals surface area contributed by atoms with Crippen LogP contribution >= 0.6 is 23.2 Å². The van der Waals surface area contributed by atoms with Gasteiger partial charge < -0.3 is 10.0 Å². The van der Waals surface area contributed by atoms with Crippen molar-refractivity contribution >= 4 is 35.1 Å². The molecule has 0 aromatic heterocycles. The number of amides is 1. The van der Waals surface area contributed by atoms with E-state index in [0.29, 0.717) is 29.3 Å². The Labute approximate surface area is 193 Å². The van der Waals surface area contributed by atoms with E-state index in [2.05, 4.69) is 6.58 Å². The third-order valence-corrected chi connectivity index (χ3v) is 6.68. The van der Waals surface area contributed by atoms with Crippen LogP contribution in [0.2, 0.25) is 10.0 Å². The van der Waals surface area contributed by atoms with Crippen LogP contribution in [0.15, 0.2) is 61.2 Å². The predicted molar refractivity (Wildman–Crippen MR) is 124 cm³/mol. The Hall–Kier alpha value is -2.30. The highest BCUT2D eigenvalue weighted by atomic mass is 35.5. The van der Waals surface area contributed by atoms with E-state index >= 15 is 0 Å². The van der Waals surface area contributed by atoms with Crippen LogP contribution in [0.3, 0.4) is 0 Å². The lowest BCUT2D eigenvalue weighted by Crippen LogP contribution is -2.57. The van der Waals surface area contributed by atoms with Crippen LogP contribution in [0.4, 0.5) is 0 Å². The summed E-state index contributed by atoms with van der Waals surface area (Å²) in [7, 11) is 0. The number of likely N-dealkylation sites (tertiary alicyclic amines) is 1. The number of carboxylic acids is 1. The molecule has 0 bridgehead atoms. The van der Waals surface area contributed by atoms with Crippen molar-refractivity contribution in [1.82, 2.24) is 4.90 Å². The number of rotatable bonds is 7. The second kappa shape index (κ2) is 9.46. The molecule has 31 heavy (non-hydrogen) atoms. The summed E-state index contributed by atoms with van der Waals surface area (Å²) in [6.07, 6.45) is 3.05. The van der Waals surface area contributed by atoms with Gasteiger partial charge in [0.05, 0.1) is 11.5 Å². The number of halogens is 2. The minimum absolute atomic E-state index is 0.143. The minimum atomic E-state index is -1.01. The molecule has 1 aliphatic rings. The Bertz CT molecular complexity index is 975. The number of allylic oxidation sites excluding steroid dienone is 1. The Kier molecular flexibility index (Phi) is 7.13. The number of nitrogens with zero attached hydrogens (tertiary/aromatic N) is 1. The number of carbonyl (C=O) groups excluding carboxylic acids is 1. The molecule has 0 saturated carbocycles. The van der Waals surface area contributed by atoms with Gasteiger partial charge in [-0.25, -0.2) is 4.79 Å². The van der Waals surface area contributed by atoms with Gasteiger partial charge in [-0.2, -0.15) is 0 Å². The van der Waals surface area contributed by atoms with Crippen LogP contribution in [0, 0.1) is 5.41 Å². The number of aliphatic carboxylic acids is 1. The molecule has 2 unspecified atom stereocenters. The first kappa shape index (κ1) is 23.4. The van der Waals surface area contributed by atoms with E-state index in [-0.39, 0.29) is 11.8 Å². The molecule has 3 rings (SSSR count). The second-order valence-corrected chi connectivity index (χ2v) is 9.26. The average Bonchev–Trinajstić information content (AvgIpc) is 2.72. The molecule has 1 amide bonds. The highest BCUT2D eigenvalue weighted by Crippen LogP contribution is 2.52. The van der Waals surface area contributed by atoms with Gasteiger partial charge >= 0.3 is 5.97 Å². The minimum Gasteiger partial charge on any atom is -0.480 e. The molecule has 4 atom stereocenters. The molecule has 2 aromatic rings. The molecular weight excluding hydrogens is 433 g/mol. The highest BCUT2D eigenvalue weighted by Gasteiger charge is 2.52. The fraction of sp³-hybridized carbons (Fsp3) is 0.360. The number of hydrogen-bond acceptors (Lipinski definition) is 2. The van der Waals surface area contributed by atoms with Crippen LogP contribution in [0.1, 0.15) is 56.2 Å². The number of benzene rings is 2. The number of hydrogen-bond donors (Lipinski definition) is 1. The Morgan fingerprint density at radius 2 is 1.90 bits per heavy atom. The summed E-state index contributed by atoms with van der Waals surface area (Å²) < 4.78 is 0. The topological polar surface area (TPSA) is 57.6 Å². The molecule has 0 radical (unpaired) electrons. The lowest BCUT2D eigenvalue weighted by molar-refractivity contribution is -0.164. The Balaban J connectivity index is 2.25. The number of carboxylic acid groups (broad SMARTS) is 1. The van der Waals surface area contributed by atoms with Crippen molar-refractivity contribution in [3.63, 3.8) is 0 Å². The molecule has 1 fully saturated rings. The zero-order valence-electron chi connectivity index (χ0n) is 17.7. The first-order valence-corrected chi connectivity index (χ1v) is 11.1. The van der Waals surface area contributed by atoms with E-state index in [0.717, 1.165) is 11.1 Å². The van der Waals surface area contributed by atoms with Crippen molar-refractivity contribution in [3.8, 4) is 0 Å². The summed E-state index contributed by atoms with van der Waals surface area (Å²) in [5.74, 6) is -1.32. The Morgan fingerprint density at radius 3 is 2.45 bits per heavy atom. The monoisotopic (exact) mass is 459 g/mol. The van der Waals surface area contributed by atoms with Crippen molar-refractivity contribution < 1.29 is 14.7 Å².